The molecule has 1 aromatic carbocycles. The number of allylic oxidation sites excluding steroid dienone is 4. The van der Waals surface area contributed by atoms with Gasteiger partial charge in [0.05, 0.1) is 11.0 Å². The van der Waals surface area contributed by atoms with E-state index in [0.717, 1.165) is 36.6 Å². The van der Waals surface area contributed by atoms with E-state index in [2.05, 4.69) is 59.8 Å². The number of benzene rings is 1. The molecule has 0 N–H and O–H groups in total. The van der Waals surface area contributed by atoms with Gasteiger partial charge < -0.3 is 4.57 Å². The van der Waals surface area contributed by atoms with E-state index in [1.54, 1.807) is 0 Å². The van der Waals surface area contributed by atoms with Crippen molar-refractivity contribution in [1.29, 1.82) is 0 Å². The smallest absolute Gasteiger partial charge is 0.104 e. The predicted octanol–water partition coefficient (Wildman–Crippen LogP) is 6.79. The molecular formula is C26H31FN2. The largest absolute Gasteiger partial charge is 0.302 e. The minimum atomic E-state index is -0.617. The average molecular weight is 391 g/mol. The van der Waals surface area contributed by atoms with Gasteiger partial charge in [-0.3, -0.25) is 0 Å². The standard InChI is InChI=1S/C26H31FN2/c1-25-13-11-18(27)15-17(25)7-8-19-20-9-10-24(26(20,2)14-12-21(19)25)29-16-28-22-5-3-4-6-23(22)29/h3-7,10,16,18-21H,8-9,11-15H2,1-2H3/t18?,19-,20-,21-,25-,26-/m0/s1. The summed E-state index contributed by atoms with van der Waals surface area (Å²) >= 11 is 0. The Bertz CT molecular complexity index is 1030. The monoisotopic (exact) mass is 390 g/mol. The summed E-state index contributed by atoms with van der Waals surface area (Å²) in [6.07, 6.45) is 13.7. The maximum absolute atomic E-state index is 14.1. The molecule has 1 heterocycles. The molecular weight excluding hydrogens is 359 g/mol. The highest BCUT2D eigenvalue weighted by Crippen LogP contribution is 2.65. The van der Waals surface area contributed by atoms with E-state index in [-0.39, 0.29) is 10.8 Å². The lowest BCUT2D eigenvalue weighted by Crippen LogP contribution is -2.49. The van der Waals surface area contributed by atoms with Gasteiger partial charge in [-0.05, 0) is 73.8 Å². The van der Waals surface area contributed by atoms with E-state index in [0.29, 0.717) is 12.3 Å². The number of para-hydroxylation sites is 2. The molecule has 152 valence electrons. The Morgan fingerprint density at radius 1 is 1.00 bits per heavy atom. The minimum absolute atomic E-state index is 0.212. The molecule has 0 spiro atoms. The lowest BCUT2D eigenvalue weighted by Gasteiger charge is -2.57. The van der Waals surface area contributed by atoms with Crippen molar-refractivity contribution in [1.82, 2.24) is 9.55 Å². The van der Waals surface area contributed by atoms with Crippen LogP contribution in [0.25, 0.3) is 16.7 Å². The number of hydrogen-bond donors (Lipinski definition) is 0. The van der Waals surface area contributed by atoms with Crippen molar-refractivity contribution >= 4 is 16.7 Å². The van der Waals surface area contributed by atoms with Crippen LogP contribution in [-0.2, 0) is 0 Å². The van der Waals surface area contributed by atoms with Crippen LogP contribution in [0, 0.1) is 28.6 Å². The Labute approximate surface area is 172 Å². The average Bonchev–Trinajstić information content (AvgIpc) is 3.29. The second-order valence-electron chi connectivity index (χ2n) is 10.5. The molecule has 0 radical (unpaired) electrons. The van der Waals surface area contributed by atoms with Crippen molar-refractivity contribution in [3.63, 3.8) is 0 Å². The summed E-state index contributed by atoms with van der Waals surface area (Å²) in [4.78, 5) is 4.66. The fourth-order valence-corrected chi connectivity index (χ4v) is 7.69. The molecule has 0 bridgehead atoms. The Balaban J connectivity index is 1.36. The fraction of sp³-hybridized carbons (Fsp3) is 0.577. The van der Waals surface area contributed by atoms with Crippen LogP contribution < -0.4 is 0 Å². The third kappa shape index (κ3) is 2.36. The molecule has 29 heavy (non-hydrogen) atoms. The van der Waals surface area contributed by atoms with Crippen LogP contribution in [0.4, 0.5) is 4.39 Å². The fourth-order valence-electron chi connectivity index (χ4n) is 7.69. The van der Waals surface area contributed by atoms with Gasteiger partial charge in [0.2, 0.25) is 0 Å². The first kappa shape index (κ1) is 17.9. The number of alkyl halides is 1. The molecule has 6 rings (SSSR count). The maximum Gasteiger partial charge on any atom is 0.104 e. The lowest BCUT2D eigenvalue weighted by molar-refractivity contribution is -0.0178. The summed E-state index contributed by atoms with van der Waals surface area (Å²) in [6.45, 7) is 4.96. The number of imidazole rings is 1. The molecule has 6 atom stereocenters. The zero-order valence-corrected chi connectivity index (χ0v) is 17.6. The van der Waals surface area contributed by atoms with Crippen LogP contribution in [0.15, 0.2) is 48.3 Å². The lowest BCUT2D eigenvalue weighted by atomic mass is 9.48. The summed E-state index contributed by atoms with van der Waals surface area (Å²) in [5.74, 6) is 2.14. The Kier molecular flexibility index (Phi) is 3.74. The van der Waals surface area contributed by atoms with Crippen molar-refractivity contribution in [3.05, 3.63) is 48.3 Å². The molecule has 2 fully saturated rings. The van der Waals surface area contributed by atoms with Crippen molar-refractivity contribution in [2.75, 3.05) is 0 Å². The highest BCUT2D eigenvalue weighted by molar-refractivity contribution is 5.80. The highest BCUT2D eigenvalue weighted by Gasteiger charge is 2.57. The second kappa shape index (κ2) is 6.06. The third-order valence-electron chi connectivity index (χ3n) is 9.30. The van der Waals surface area contributed by atoms with Crippen molar-refractivity contribution in [2.24, 2.45) is 28.6 Å². The predicted molar refractivity (Wildman–Crippen MR) is 116 cm³/mol. The van der Waals surface area contributed by atoms with E-state index in [4.69, 9.17) is 0 Å². The summed E-state index contributed by atoms with van der Waals surface area (Å²) in [6, 6.07) is 8.48. The molecule has 0 saturated heterocycles. The van der Waals surface area contributed by atoms with Crippen molar-refractivity contribution in [3.8, 4) is 0 Å². The van der Waals surface area contributed by atoms with Gasteiger partial charge in [0.1, 0.15) is 12.5 Å². The second-order valence-corrected chi connectivity index (χ2v) is 10.5. The number of nitrogens with zero attached hydrogens (tertiary/aromatic N) is 2. The SMILES string of the molecule is C[C@]12CCC(F)CC1=CC[C@@H]1[C@@H]2CC[C@]2(C)C(n3cnc4ccccc43)=CC[C@@H]12. The first-order chi connectivity index (χ1) is 14.0. The van der Waals surface area contributed by atoms with Crippen LogP contribution in [0.1, 0.15) is 58.8 Å². The van der Waals surface area contributed by atoms with Crippen LogP contribution in [-0.4, -0.2) is 15.7 Å². The third-order valence-corrected chi connectivity index (χ3v) is 9.30. The molecule has 4 aliphatic rings. The topological polar surface area (TPSA) is 17.8 Å². The van der Waals surface area contributed by atoms with Crippen LogP contribution >= 0.6 is 0 Å². The molecule has 4 aliphatic carbocycles. The molecule has 1 unspecified atom stereocenters. The molecule has 0 aliphatic heterocycles. The van der Waals surface area contributed by atoms with E-state index >= 15 is 0 Å². The zero-order chi connectivity index (χ0) is 19.8. The summed E-state index contributed by atoms with van der Waals surface area (Å²) in [5, 5.41) is 0. The van der Waals surface area contributed by atoms with Gasteiger partial charge in [0.15, 0.2) is 0 Å². The van der Waals surface area contributed by atoms with Gasteiger partial charge in [-0.1, -0.05) is 43.7 Å². The van der Waals surface area contributed by atoms with Crippen LogP contribution in [0.3, 0.4) is 0 Å². The first-order valence-electron chi connectivity index (χ1n) is 11.5. The van der Waals surface area contributed by atoms with Crippen molar-refractivity contribution in [2.45, 2.75) is 65.0 Å². The Morgan fingerprint density at radius 2 is 1.83 bits per heavy atom. The molecule has 2 saturated carbocycles. The Morgan fingerprint density at radius 3 is 2.72 bits per heavy atom. The van der Waals surface area contributed by atoms with Gasteiger partial charge in [0.25, 0.3) is 0 Å². The van der Waals surface area contributed by atoms with Gasteiger partial charge in [-0.25, -0.2) is 9.37 Å². The maximum atomic E-state index is 14.1. The van der Waals surface area contributed by atoms with E-state index < -0.39 is 6.17 Å². The Hall–Kier alpha value is -1.90. The highest BCUT2D eigenvalue weighted by atomic mass is 19.1. The van der Waals surface area contributed by atoms with Gasteiger partial charge in [-0.15, -0.1) is 0 Å². The van der Waals surface area contributed by atoms with Crippen molar-refractivity contribution < 1.29 is 4.39 Å². The zero-order valence-electron chi connectivity index (χ0n) is 17.6. The molecule has 2 aromatic rings. The number of aromatic nitrogens is 2. The number of rotatable bonds is 1. The van der Waals surface area contributed by atoms with Gasteiger partial charge in [0, 0.05) is 17.5 Å². The minimum Gasteiger partial charge on any atom is -0.302 e. The van der Waals surface area contributed by atoms with Crippen LogP contribution in [0.5, 0.6) is 0 Å². The molecule has 0 amide bonds. The molecule has 1 aromatic heterocycles. The molecule has 3 heteroatoms. The number of hydrogen-bond acceptors (Lipinski definition) is 1. The van der Waals surface area contributed by atoms with Gasteiger partial charge in [-0.2, -0.15) is 0 Å². The van der Waals surface area contributed by atoms with Crippen LogP contribution in [0.2, 0.25) is 0 Å². The summed E-state index contributed by atoms with van der Waals surface area (Å²) in [7, 11) is 0. The quantitative estimate of drug-likeness (QED) is 0.490. The summed E-state index contributed by atoms with van der Waals surface area (Å²) in [5.41, 5.74) is 5.65. The first-order valence-corrected chi connectivity index (χ1v) is 11.5. The van der Waals surface area contributed by atoms with E-state index in [1.165, 1.54) is 36.0 Å². The normalized spacial score (nSPS) is 41.3. The van der Waals surface area contributed by atoms with Gasteiger partial charge >= 0.3 is 0 Å². The molecule has 2 nitrogen and oxygen atoms in total. The van der Waals surface area contributed by atoms with E-state index in [9.17, 15) is 4.39 Å². The number of halogens is 1. The summed E-state index contributed by atoms with van der Waals surface area (Å²) < 4.78 is 16.5. The number of fused-ring (bicyclic) bond motifs is 6. The van der Waals surface area contributed by atoms with E-state index in [1.807, 2.05) is 6.33 Å².